The van der Waals surface area contributed by atoms with E-state index in [2.05, 4.69) is 34.7 Å². The van der Waals surface area contributed by atoms with Crippen molar-refractivity contribution in [3.05, 3.63) is 84.2 Å². The molecule has 0 spiro atoms. The van der Waals surface area contributed by atoms with Crippen molar-refractivity contribution >= 4 is 29.9 Å². The van der Waals surface area contributed by atoms with E-state index < -0.39 is 0 Å². The Bertz CT molecular complexity index is 813. The van der Waals surface area contributed by atoms with Crippen molar-refractivity contribution in [2.24, 2.45) is 4.99 Å². The molecule has 0 radical (unpaired) electrons. The Morgan fingerprint density at radius 1 is 1.04 bits per heavy atom. The van der Waals surface area contributed by atoms with Crippen LogP contribution in [-0.4, -0.2) is 34.7 Å². The molecule has 1 N–H and O–H groups in total. The Hall–Kier alpha value is -2.35. The third kappa shape index (κ3) is 5.32. The maximum Gasteiger partial charge on any atom is 0.194 e. The van der Waals surface area contributed by atoms with Crippen LogP contribution in [0.25, 0.3) is 5.69 Å². The summed E-state index contributed by atoms with van der Waals surface area (Å²) in [6, 6.07) is 20.4. The number of halogens is 1. The minimum Gasteiger partial charge on any atom is -0.352 e. The van der Waals surface area contributed by atoms with Crippen molar-refractivity contribution in [3.63, 3.8) is 0 Å². The summed E-state index contributed by atoms with van der Waals surface area (Å²) in [6.45, 7) is 1.34. The number of rotatable bonds is 5. The standard InChI is InChI=1S/C20H23N5.HI/c1-24(2)20(21-15-17-9-4-3-5-10-17)22-16-18-11-6-7-12-19(18)25-14-8-13-23-25;/h3-14H,15-16H2,1-2H3,(H,21,22);1H. The lowest BCUT2D eigenvalue weighted by atomic mass is 10.2. The molecule has 0 unspecified atom stereocenters. The molecule has 0 saturated carbocycles. The predicted molar refractivity (Wildman–Crippen MR) is 117 cm³/mol. The molecule has 1 aromatic heterocycles. The van der Waals surface area contributed by atoms with Gasteiger partial charge in [-0.1, -0.05) is 48.5 Å². The number of hydrogen-bond donors (Lipinski definition) is 1. The van der Waals surface area contributed by atoms with E-state index in [0.717, 1.165) is 11.6 Å². The fourth-order valence-corrected chi connectivity index (χ4v) is 2.57. The van der Waals surface area contributed by atoms with Crippen LogP contribution >= 0.6 is 24.0 Å². The van der Waals surface area contributed by atoms with Crippen molar-refractivity contribution < 1.29 is 0 Å². The zero-order chi connectivity index (χ0) is 17.5. The highest BCUT2D eigenvalue weighted by Crippen LogP contribution is 2.13. The molecule has 26 heavy (non-hydrogen) atoms. The number of benzene rings is 2. The highest BCUT2D eigenvalue weighted by atomic mass is 127. The van der Waals surface area contributed by atoms with Crippen LogP contribution in [0, 0.1) is 0 Å². The monoisotopic (exact) mass is 461 g/mol. The van der Waals surface area contributed by atoms with Crippen molar-refractivity contribution in [1.29, 1.82) is 0 Å². The molecule has 0 saturated heterocycles. The Morgan fingerprint density at radius 3 is 2.46 bits per heavy atom. The normalized spacial score (nSPS) is 10.9. The summed E-state index contributed by atoms with van der Waals surface area (Å²) in [5.41, 5.74) is 3.43. The second kappa shape index (κ2) is 9.96. The topological polar surface area (TPSA) is 45.5 Å². The third-order valence-electron chi connectivity index (χ3n) is 3.86. The van der Waals surface area contributed by atoms with Gasteiger partial charge in [0, 0.05) is 33.0 Å². The van der Waals surface area contributed by atoms with E-state index >= 15 is 0 Å². The number of guanidine groups is 1. The van der Waals surface area contributed by atoms with Gasteiger partial charge in [-0.25, -0.2) is 9.67 Å². The number of aromatic nitrogens is 2. The molecule has 0 amide bonds. The molecule has 5 nitrogen and oxygen atoms in total. The molecular weight excluding hydrogens is 437 g/mol. The van der Waals surface area contributed by atoms with Gasteiger partial charge in [0.15, 0.2) is 5.96 Å². The molecule has 0 fully saturated rings. The number of nitrogens with zero attached hydrogens (tertiary/aromatic N) is 4. The van der Waals surface area contributed by atoms with E-state index in [1.54, 1.807) is 6.20 Å². The van der Waals surface area contributed by atoms with Gasteiger partial charge in [0.05, 0.1) is 12.2 Å². The average molecular weight is 461 g/mol. The quantitative estimate of drug-likeness (QED) is 0.358. The van der Waals surface area contributed by atoms with Gasteiger partial charge >= 0.3 is 0 Å². The molecule has 0 aliphatic rings. The highest BCUT2D eigenvalue weighted by Gasteiger charge is 2.07. The summed E-state index contributed by atoms with van der Waals surface area (Å²) in [7, 11) is 3.99. The van der Waals surface area contributed by atoms with E-state index in [0.29, 0.717) is 13.1 Å². The molecule has 3 rings (SSSR count). The van der Waals surface area contributed by atoms with E-state index in [1.807, 2.05) is 66.3 Å². The first kappa shape index (κ1) is 20.0. The average Bonchev–Trinajstić information content (AvgIpc) is 3.17. The van der Waals surface area contributed by atoms with Crippen LogP contribution in [0.5, 0.6) is 0 Å². The van der Waals surface area contributed by atoms with Crippen LogP contribution < -0.4 is 5.32 Å². The summed E-state index contributed by atoms with van der Waals surface area (Å²) in [4.78, 5) is 6.71. The fourth-order valence-electron chi connectivity index (χ4n) is 2.57. The molecule has 0 aliphatic carbocycles. The van der Waals surface area contributed by atoms with Crippen molar-refractivity contribution in [1.82, 2.24) is 20.0 Å². The Morgan fingerprint density at radius 2 is 1.77 bits per heavy atom. The first-order valence-corrected chi connectivity index (χ1v) is 8.31. The van der Waals surface area contributed by atoms with Gasteiger partial charge in [0.25, 0.3) is 0 Å². The first-order chi connectivity index (χ1) is 12.2. The zero-order valence-electron chi connectivity index (χ0n) is 15.0. The molecule has 136 valence electrons. The molecule has 6 heteroatoms. The predicted octanol–water partition coefficient (Wildman–Crippen LogP) is 3.70. The van der Waals surface area contributed by atoms with Crippen LogP contribution in [0.2, 0.25) is 0 Å². The second-order valence-corrected chi connectivity index (χ2v) is 5.95. The van der Waals surface area contributed by atoms with Crippen molar-refractivity contribution in [3.8, 4) is 5.69 Å². The largest absolute Gasteiger partial charge is 0.352 e. The molecule has 2 aromatic carbocycles. The lowest BCUT2D eigenvalue weighted by Crippen LogP contribution is -2.36. The summed E-state index contributed by atoms with van der Waals surface area (Å²) in [6.07, 6.45) is 3.74. The molecule has 0 bridgehead atoms. The molecule has 0 atom stereocenters. The highest BCUT2D eigenvalue weighted by molar-refractivity contribution is 14.0. The maximum atomic E-state index is 4.71. The minimum absolute atomic E-state index is 0. The van der Waals surface area contributed by atoms with Gasteiger partial charge in [-0.05, 0) is 23.3 Å². The minimum atomic E-state index is 0. The second-order valence-electron chi connectivity index (χ2n) is 5.95. The number of hydrogen-bond acceptors (Lipinski definition) is 2. The van der Waals surface area contributed by atoms with Crippen LogP contribution in [0.3, 0.4) is 0 Å². The third-order valence-corrected chi connectivity index (χ3v) is 3.86. The number of nitrogens with one attached hydrogen (secondary N) is 1. The smallest absolute Gasteiger partial charge is 0.194 e. The van der Waals surface area contributed by atoms with Gasteiger partial charge in [-0.15, -0.1) is 24.0 Å². The number of aliphatic imine (C=N–C) groups is 1. The Balaban J connectivity index is 0.00000243. The summed E-state index contributed by atoms with van der Waals surface area (Å²) in [5, 5.41) is 7.78. The lowest BCUT2D eigenvalue weighted by Gasteiger charge is -2.19. The van der Waals surface area contributed by atoms with Crippen molar-refractivity contribution in [2.45, 2.75) is 13.1 Å². The molecule has 1 heterocycles. The van der Waals surface area contributed by atoms with Gasteiger partial charge in [-0.3, -0.25) is 0 Å². The summed E-state index contributed by atoms with van der Waals surface area (Å²) < 4.78 is 1.88. The van der Waals surface area contributed by atoms with Gasteiger partial charge < -0.3 is 10.2 Å². The van der Waals surface area contributed by atoms with E-state index in [-0.39, 0.29) is 24.0 Å². The van der Waals surface area contributed by atoms with E-state index in [9.17, 15) is 0 Å². The van der Waals surface area contributed by atoms with Gasteiger partial charge in [0.2, 0.25) is 0 Å². The van der Waals surface area contributed by atoms with E-state index in [1.165, 1.54) is 11.1 Å². The molecule has 0 aliphatic heterocycles. The lowest BCUT2D eigenvalue weighted by molar-refractivity contribution is 0.578. The van der Waals surface area contributed by atoms with Crippen LogP contribution in [0.15, 0.2) is 78.0 Å². The Kier molecular flexibility index (Phi) is 7.65. The SMILES string of the molecule is CN(C)C(=NCc1ccccc1)NCc1ccccc1-n1cccn1.I. The van der Waals surface area contributed by atoms with Gasteiger partial charge in [-0.2, -0.15) is 5.10 Å². The summed E-state index contributed by atoms with van der Waals surface area (Å²) >= 11 is 0. The van der Waals surface area contributed by atoms with E-state index in [4.69, 9.17) is 4.99 Å². The Labute approximate surface area is 171 Å². The first-order valence-electron chi connectivity index (χ1n) is 8.31. The number of para-hydroxylation sites is 1. The fraction of sp³-hybridized carbons (Fsp3) is 0.200. The van der Waals surface area contributed by atoms with Crippen molar-refractivity contribution in [2.75, 3.05) is 14.1 Å². The zero-order valence-corrected chi connectivity index (χ0v) is 17.4. The summed E-state index contributed by atoms with van der Waals surface area (Å²) in [5.74, 6) is 0.860. The van der Waals surface area contributed by atoms with Crippen LogP contribution in [-0.2, 0) is 13.1 Å². The molecular formula is C20H24IN5. The maximum absolute atomic E-state index is 4.71. The van der Waals surface area contributed by atoms with Gasteiger partial charge in [0.1, 0.15) is 0 Å². The van der Waals surface area contributed by atoms with Crippen LogP contribution in [0.1, 0.15) is 11.1 Å². The van der Waals surface area contributed by atoms with Crippen LogP contribution in [0.4, 0.5) is 0 Å². The molecule has 3 aromatic rings.